The van der Waals surface area contributed by atoms with Crippen LogP contribution in [0.3, 0.4) is 0 Å². The van der Waals surface area contributed by atoms with Crippen LogP contribution in [0.4, 0.5) is 5.69 Å². The second-order valence-corrected chi connectivity index (χ2v) is 2.81. The van der Waals surface area contributed by atoms with Gasteiger partial charge in [0.05, 0.1) is 7.11 Å². The third-order valence-electron chi connectivity index (χ3n) is 1.94. The van der Waals surface area contributed by atoms with Crippen molar-refractivity contribution in [3.63, 3.8) is 0 Å². The molecule has 2 rings (SSSR count). The van der Waals surface area contributed by atoms with Crippen molar-refractivity contribution < 1.29 is 12.3 Å². The minimum atomic E-state index is -1.59. The summed E-state index contributed by atoms with van der Waals surface area (Å²) >= 11 is 0. The van der Waals surface area contributed by atoms with Crippen LogP contribution in [-0.2, 0) is 11.2 Å². The van der Waals surface area contributed by atoms with Gasteiger partial charge in [0.25, 0.3) is 0 Å². The largest absolute Gasteiger partial charge is 0.497 e. The van der Waals surface area contributed by atoms with Crippen LogP contribution in [0.15, 0.2) is 18.2 Å². The fourth-order valence-corrected chi connectivity index (χ4v) is 1.28. The summed E-state index contributed by atoms with van der Waals surface area (Å²) in [7, 11) is 1.53. The standard InChI is InChI=1S/C10H11NO2/c1-13-8-4-2-7-3-5-10(12)11-9(7)6-8/h2,4,6H,3,5H2,1H3,(H,11,12)/i3D2. The number of hydrogen-bond donors (Lipinski definition) is 1. The number of aryl methyl sites for hydroxylation is 1. The van der Waals surface area contributed by atoms with Gasteiger partial charge in [-0.25, -0.2) is 0 Å². The van der Waals surface area contributed by atoms with Gasteiger partial charge in [0.1, 0.15) is 5.75 Å². The Bertz CT molecular complexity index is 418. The summed E-state index contributed by atoms with van der Waals surface area (Å²) in [6.07, 6.45) is -1.73. The molecule has 13 heavy (non-hydrogen) atoms. The van der Waals surface area contributed by atoms with Crippen molar-refractivity contribution in [2.45, 2.75) is 12.8 Å². The van der Waals surface area contributed by atoms with Gasteiger partial charge in [-0.05, 0) is 18.0 Å². The first-order valence-corrected chi connectivity index (χ1v) is 4.01. The van der Waals surface area contributed by atoms with E-state index >= 15 is 0 Å². The van der Waals surface area contributed by atoms with Crippen molar-refractivity contribution in [2.75, 3.05) is 12.4 Å². The third-order valence-corrected chi connectivity index (χ3v) is 1.94. The highest BCUT2D eigenvalue weighted by Crippen LogP contribution is 2.26. The molecule has 0 saturated carbocycles. The summed E-state index contributed by atoms with van der Waals surface area (Å²) in [5.74, 6) is 0.299. The molecule has 1 aliphatic rings. The van der Waals surface area contributed by atoms with Crippen LogP contribution in [0.2, 0.25) is 0 Å². The average molecular weight is 179 g/mol. The van der Waals surface area contributed by atoms with E-state index in [2.05, 4.69) is 5.32 Å². The Kier molecular flexibility index (Phi) is 1.43. The van der Waals surface area contributed by atoms with E-state index in [0.29, 0.717) is 17.0 Å². The van der Waals surface area contributed by atoms with Gasteiger partial charge in [0, 0.05) is 20.9 Å². The summed E-state index contributed by atoms with van der Waals surface area (Å²) in [5.41, 5.74) is 0.999. The van der Waals surface area contributed by atoms with E-state index in [1.165, 1.54) is 7.11 Å². The van der Waals surface area contributed by atoms with E-state index in [1.54, 1.807) is 18.2 Å². The van der Waals surface area contributed by atoms with E-state index < -0.39 is 6.37 Å². The maximum atomic E-state index is 11.2. The highest BCUT2D eigenvalue weighted by molar-refractivity contribution is 5.94. The molecule has 1 aromatic carbocycles. The van der Waals surface area contributed by atoms with E-state index in [-0.39, 0.29) is 12.3 Å². The van der Waals surface area contributed by atoms with Gasteiger partial charge < -0.3 is 10.1 Å². The number of rotatable bonds is 1. The Balaban J connectivity index is 2.52. The van der Waals surface area contributed by atoms with Crippen molar-refractivity contribution in [1.82, 2.24) is 0 Å². The number of amides is 1. The molecule has 1 heterocycles. The number of anilines is 1. The summed E-state index contributed by atoms with van der Waals surface area (Å²) in [5, 5.41) is 2.63. The van der Waals surface area contributed by atoms with Gasteiger partial charge in [-0.1, -0.05) is 6.07 Å². The molecule has 0 saturated heterocycles. The number of nitrogens with one attached hydrogen (secondary N) is 1. The summed E-state index contributed by atoms with van der Waals surface area (Å²) in [4.78, 5) is 11.2. The van der Waals surface area contributed by atoms with Crippen molar-refractivity contribution in [2.24, 2.45) is 0 Å². The second kappa shape index (κ2) is 3.09. The first kappa shape index (κ1) is 6.02. The first-order valence-electron chi connectivity index (χ1n) is 5.01. The highest BCUT2D eigenvalue weighted by atomic mass is 16.5. The van der Waals surface area contributed by atoms with Gasteiger partial charge in [0.2, 0.25) is 5.91 Å². The topological polar surface area (TPSA) is 38.3 Å². The molecule has 0 radical (unpaired) electrons. The molecule has 0 bridgehead atoms. The van der Waals surface area contributed by atoms with Gasteiger partial charge >= 0.3 is 0 Å². The van der Waals surface area contributed by atoms with Gasteiger partial charge in [0.15, 0.2) is 0 Å². The highest BCUT2D eigenvalue weighted by Gasteiger charge is 2.14. The molecular formula is C10H11NO2. The van der Waals surface area contributed by atoms with Gasteiger partial charge in [-0.3, -0.25) is 4.79 Å². The first-order chi connectivity index (χ1) is 7.03. The number of methoxy groups -OCH3 is 1. The Labute approximate surface area is 79.5 Å². The second-order valence-electron chi connectivity index (χ2n) is 2.81. The van der Waals surface area contributed by atoms with E-state index in [4.69, 9.17) is 7.48 Å². The quantitative estimate of drug-likeness (QED) is 0.710. The molecule has 0 unspecified atom stereocenters. The Hall–Kier alpha value is -1.51. The van der Waals surface area contributed by atoms with E-state index in [1.807, 2.05) is 0 Å². The smallest absolute Gasteiger partial charge is 0.224 e. The SMILES string of the molecule is [2H]C1([2H])CC(=O)Nc2cc(OC)ccc21. The van der Waals surface area contributed by atoms with Crippen LogP contribution in [0.25, 0.3) is 0 Å². The molecule has 0 aromatic heterocycles. The lowest BCUT2D eigenvalue weighted by atomic mass is 10.0. The molecule has 3 heteroatoms. The Morgan fingerprint density at radius 2 is 2.46 bits per heavy atom. The van der Waals surface area contributed by atoms with Crippen LogP contribution in [0.1, 0.15) is 14.7 Å². The molecule has 0 atom stereocenters. The summed E-state index contributed by atoms with van der Waals surface area (Å²) in [6, 6.07) is 4.96. The predicted molar refractivity (Wildman–Crippen MR) is 49.9 cm³/mol. The monoisotopic (exact) mass is 179 g/mol. The lowest BCUT2D eigenvalue weighted by Crippen LogP contribution is -2.18. The van der Waals surface area contributed by atoms with Crippen LogP contribution in [0, 0.1) is 0 Å². The normalized spacial score (nSPS) is 20.8. The molecule has 1 aliphatic heterocycles. The third kappa shape index (κ3) is 1.49. The van der Waals surface area contributed by atoms with Crippen LogP contribution in [0.5, 0.6) is 5.75 Å². The molecule has 0 fully saturated rings. The Morgan fingerprint density at radius 3 is 3.23 bits per heavy atom. The lowest BCUT2D eigenvalue weighted by molar-refractivity contribution is -0.116. The van der Waals surface area contributed by atoms with Crippen molar-refractivity contribution >= 4 is 11.6 Å². The minimum absolute atomic E-state index is 0.133. The lowest BCUT2D eigenvalue weighted by Gasteiger charge is -2.16. The van der Waals surface area contributed by atoms with Crippen LogP contribution < -0.4 is 10.1 Å². The van der Waals surface area contributed by atoms with Crippen molar-refractivity contribution in [1.29, 1.82) is 0 Å². The number of carbonyl (C=O) groups excluding carboxylic acids is 1. The van der Waals surface area contributed by atoms with Gasteiger partial charge in [-0.2, -0.15) is 0 Å². The van der Waals surface area contributed by atoms with Crippen molar-refractivity contribution in [3.05, 3.63) is 23.8 Å². The molecule has 0 spiro atoms. The molecule has 1 amide bonds. The molecule has 3 nitrogen and oxygen atoms in total. The van der Waals surface area contributed by atoms with Crippen LogP contribution in [-0.4, -0.2) is 13.0 Å². The summed E-state index contributed by atoms with van der Waals surface area (Å²) < 4.78 is 20.5. The number of carbonyl (C=O) groups is 1. The molecular weight excluding hydrogens is 166 g/mol. The molecule has 1 N–H and O–H groups in total. The minimum Gasteiger partial charge on any atom is -0.497 e. The van der Waals surface area contributed by atoms with E-state index in [0.717, 1.165) is 0 Å². The Morgan fingerprint density at radius 1 is 1.62 bits per heavy atom. The van der Waals surface area contributed by atoms with Gasteiger partial charge in [-0.15, -0.1) is 0 Å². The molecule has 1 aromatic rings. The zero-order chi connectivity index (χ0) is 11.1. The zero-order valence-corrected chi connectivity index (χ0v) is 7.26. The maximum Gasteiger partial charge on any atom is 0.224 e. The number of ether oxygens (including phenoxy) is 1. The van der Waals surface area contributed by atoms with E-state index in [9.17, 15) is 4.79 Å². The fraction of sp³-hybridized carbons (Fsp3) is 0.300. The number of hydrogen-bond acceptors (Lipinski definition) is 2. The molecule has 68 valence electrons. The number of fused-ring (bicyclic) bond motifs is 1. The fourth-order valence-electron chi connectivity index (χ4n) is 1.28. The predicted octanol–water partition coefficient (Wildman–Crippen LogP) is 1.58. The van der Waals surface area contributed by atoms with Crippen molar-refractivity contribution in [3.8, 4) is 5.75 Å². The zero-order valence-electron chi connectivity index (χ0n) is 9.26. The summed E-state index contributed by atoms with van der Waals surface area (Å²) in [6.45, 7) is 0. The number of benzene rings is 1. The maximum absolute atomic E-state index is 11.2. The average Bonchev–Trinajstić information content (AvgIpc) is 2.15. The molecule has 0 aliphatic carbocycles. The van der Waals surface area contributed by atoms with Crippen LogP contribution >= 0.6 is 0 Å².